The van der Waals surface area contributed by atoms with E-state index in [-0.39, 0.29) is 0 Å². The van der Waals surface area contributed by atoms with Gasteiger partial charge in [0.1, 0.15) is 11.2 Å². The van der Waals surface area contributed by atoms with Gasteiger partial charge in [-0.15, -0.1) is 0 Å². The Labute approximate surface area is 365 Å². The number of nitrogens with zero attached hydrogens (tertiary/aromatic N) is 8. The van der Waals surface area contributed by atoms with Crippen molar-refractivity contribution in [2.24, 2.45) is 11.8 Å². The van der Waals surface area contributed by atoms with Crippen molar-refractivity contribution in [3.8, 4) is 33.9 Å². The Kier molecular flexibility index (Phi) is 7.38. The van der Waals surface area contributed by atoms with Crippen LogP contribution in [0.4, 0.5) is 0 Å². The lowest BCUT2D eigenvalue weighted by atomic mass is 9.90. The molecule has 9 heteroatoms. The predicted molar refractivity (Wildman–Crippen MR) is 254 cm³/mol. The van der Waals surface area contributed by atoms with E-state index in [1.54, 1.807) is 12.4 Å². The highest BCUT2D eigenvalue weighted by Crippen LogP contribution is 2.51. The van der Waals surface area contributed by atoms with Crippen LogP contribution in [0.1, 0.15) is 17.8 Å². The highest BCUT2D eigenvalue weighted by Gasteiger charge is 2.38. The first-order valence-electron chi connectivity index (χ1n) is 21.6. The molecule has 0 amide bonds. The van der Waals surface area contributed by atoms with E-state index < -0.39 is 0 Å². The summed E-state index contributed by atoms with van der Waals surface area (Å²) in [5.74, 6) is 2.60. The van der Waals surface area contributed by atoms with Gasteiger partial charge in [-0.25, -0.2) is 19.9 Å². The zero-order valence-electron chi connectivity index (χ0n) is 34.2. The van der Waals surface area contributed by atoms with Crippen molar-refractivity contribution in [3.63, 3.8) is 0 Å². The highest BCUT2D eigenvalue weighted by atomic mass is 16.3. The number of hydrogen-bond acceptors (Lipinski definition) is 7. The number of allylic oxidation sites excluding steroid dienone is 4. The van der Waals surface area contributed by atoms with E-state index >= 15 is 0 Å². The average Bonchev–Trinajstić information content (AvgIpc) is 3.77. The molecule has 5 aromatic carbocycles. The number of aromatic nitrogens is 8. The van der Waals surface area contributed by atoms with Gasteiger partial charge in [-0.05, 0) is 138 Å². The molecule has 2 unspecified atom stereocenters. The minimum atomic E-state index is 0.567. The number of rotatable bonds is 6. The minimum Gasteiger partial charge on any atom is -0.456 e. The van der Waals surface area contributed by atoms with Gasteiger partial charge in [-0.3, -0.25) is 9.97 Å². The Morgan fingerprint density at radius 2 is 0.938 bits per heavy atom. The molecular weight excluding hydrogens is 789 g/mol. The van der Waals surface area contributed by atoms with Crippen molar-refractivity contribution >= 4 is 77.0 Å². The normalized spacial score (nSPS) is 15.9. The third-order valence-electron chi connectivity index (χ3n) is 13.1. The van der Waals surface area contributed by atoms with Crippen LogP contribution in [0, 0.1) is 11.8 Å². The third-order valence-corrected chi connectivity index (χ3v) is 13.1. The summed E-state index contributed by atoms with van der Waals surface area (Å²) in [5, 5.41) is 4.24. The number of hydrogen-bond donors (Lipinski definition) is 0. The first-order valence-corrected chi connectivity index (χ1v) is 21.6. The summed E-state index contributed by atoms with van der Waals surface area (Å²) < 4.78 is 11.2. The molecule has 0 bridgehead atoms. The molecule has 2 aliphatic rings. The van der Waals surface area contributed by atoms with E-state index in [0.29, 0.717) is 17.7 Å². The Hall–Kier alpha value is -8.56. The number of benzene rings is 5. The molecule has 9 nitrogen and oxygen atoms in total. The van der Waals surface area contributed by atoms with E-state index in [2.05, 4.69) is 144 Å². The lowest BCUT2D eigenvalue weighted by Gasteiger charge is -2.16. The molecule has 64 heavy (non-hydrogen) atoms. The first-order chi connectivity index (χ1) is 31.7. The largest absolute Gasteiger partial charge is 0.456 e. The topological polar surface area (TPSA) is 100 Å². The van der Waals surface area contributed by atoms with Crippen LogP contribution in [0.25, 0.3) is 111 Å². The van der Waals surface area contributed by atoms with Gasteiger partial charge < -0.3 is 13.6 Å². The zero-order valence-corrected chi connectivity index (χ0v) is 34.2. The van der Waals surface area contributed by atoms with Gasteiger partial charge in [0.2, 0.25) is 0 Å². The molecule has 2 atom stereocenters. The number of fused-ring (bicyclic) bond motifs is 10. The lowest BCUT2D eigenvalue weighted by Crippen LogP contribution is -2.01. The quantitative estimate of drug-likeness (QED) is 0.165. The molecule has 1 saturated carbocycles. The van der Waals surface area contributed by atoms with Gasteiger partial charge in [0.25, 0.3) is 0 Å². The maximum absolute atomic E-state index is 6.53. The Morgan fingerprint density at radius 1 is 0.406 bits per heavy atom. The van der Waals surface area contributed by atoms with Crippen LogP contribution in [0.5, 0.6) is 0 Å². The Bertz CT molecular complexity index is 3950. The molecule has 0 spiro atoms. The molecule has 0 N–H and O–H groups in total. The van der Waals surface area contributed by atoms with E-state index in [4.69, 9.17) is 14.4 Å². The molecule has 0 saturated heterocycles. The van der Waals surface area contributed by atoms with Gasteiger partial charge in [0.15, 0.2) is 11.6 Å². The van der Waals surface area contributed by atoms with Crippen molar-refractivity contribution in [2.45, 2.75) is 6.42 Å². The summed E-state index contributed by atoms with van der Waals surface area (Å²) >= 11 is 0. The Morgan fingerprint density at radius 3 is 1.56 bits per heavy atom. The van der Waals surface area contributed by atoms with Crippen LogP contribution in [0.3, 0.4) is 0 Å². The molecule has 12 aromatic rings. The van der Waals surface area contributed by atoms with Crippen molar-refractivity contribution in [3.05, 3.63) is 194 Å². The average molecular weight is 823 g/mol. The Balaban J connectivity index is 0.901. The van der Waals surface area contributed by atoms with Gasteiger partial charge >= 0.3 is 0 Å². The van der Waals surface area contributed by atoms with E-state index in [0.717, 1.165) is 111 Å². The smallest absolute Gasteiger partial charge is 0.159 e. The summed E-state index contributed by atoms with van der Waals surface area (Å²) in [6, 6.07) is 46.7. The monoisotopic (exact) mass is 822 g/mol. The summed E-state index contributed by atoms with van der Waals surface area (Å²) in [6.07, 6.45) is 16.9. The van der Waals surface area contributed by atoms with Crippen LogP contribution in [0.15, 0.2) is 187 Å². The van der Waals surface area contributed by atoms with E-state index in [1.165, 1.54) is 12.0 Å². The maximum atomic E-state index is 6.53. The van der Waals surface area contributed by atoms with Crippen molar-refractivity contribution in [1.29, 1.82) is 0 Å². The molecule has 300 valence electrons. The molecule has 2 aliphatic carbocycles. The first kappa shape index (κ1) is 35.1. The van der Waals surface area contributed by atoms with Gasteiger partial charge in [-0.2, -0.15) is 0 Å². The van der Waals surface area contributed by atoms with Gasteiger partial charge in [0, 0.05) is 81.2 Å². The standard InChI is InChI=1S/C55H34N8O/c1-2-8-39(54-58-21-5-22-59-54)38(7-1)32-11-15-46-44(26-32)52-48(9-3-19-56-52)62(46)36-13-17-50-41(30-36)42-31-37(14-18-51(42)64-50)63-47-16-12-33(27-45(47)53-49(63)10-4-20-57-53)40-28-34-25-35(34)29-43(40)55-60-23-6-24-61-55/h1-24,26-31,34-35H,25H2. The van der Waals surface area contributed by atoms with Crippen molar-refractivity contribution < 1.29 is 4.42 Å². The fraction of sp³-hybridized carbons (Fsp3) is 0.0545. The van der Waals surface area contributed by atoms with E-state index in [1.807, 2.05) is 55.1 Å². The van der Waals surface area contributed by atoms with Crippen LogP contribution in [-0.4, -0.2) is 39.0 Å². The van der Waals surface area contributed by atoms with Crippen LogP contribution < -0.4 is 0 Å². The molecule has 7 aromatic heterocycles. The third kappa shape index (κ3) is 5.30. The summed E-state index contributed by atoms with van der Waals surface area (Å²) in [4.78, 5) is 28.3. The SMILES string of the molecule is C1=C(c2ccc3c(c2)c2ncccc2n3-c2ccc3oc4ccc(-n5c6ccc(-c7ccccc7-c7ncccn7)cc6c6ncccc65)cc4c3c2)C(c2ncccn2)=CC2CC12. The second kappa shape index (κ2) is 13.5. The molecule has 1 fully saturated rings. The minimum absolute atomic E-state index is 0.567. The molecule has 14 rings (SSSR count). The summed E-state index contributed by atoms with van der Waals surface area (Å²) in [5.41, 5.74) is 16.4. The second-order valence-corrected chi connectivity index (χ2v) is 16.8. The van der Waals surface area contributed by atoms with Crippen LogP contribution >= 0.6 is 0 Å². The van der Waals surface area contributed by atoms with Crippen LogP contribution in [-0.2, 0) is 0 Å². The zero-order chi connectivity index (χ0) is 41.9. The number of furan rings is 1. The number of pyridine rings is 2. The van der Waals surface area contributed by atoms with Gasteiger partial charge in [-0.1, -0.05) is 48.6 Å². The fourth-order valence-corrected chi connectivity index (χ4v) is 10.1. The summed E-state index contributed by atoms with van der Waals surface area (Å²) in [7, 11) is 0. The second-order valence-electron chi connectivity index (χ2n) is 16.8. The molecular formula is C55H34N8O. The summed E-state index contributed by atoms with van der Waals surface area (Å²) in [6.45, 7) is 0. The molecule has 0 radical (unpaired) electrons. The van der Waals surface area contributed by atoms with E-state index in [9.17, 15) is 0 Å². The van der Waals surface area contributed by atoms with Crippen molar-refractivity contribution in [1.82, 2.24) is 39.0 Å². The lowest BCUT2D eigenvalue weighted by molar-refractivity contribution is 0.669. The highest BCUT2D eigenvalue weighted by molar-refractivity contribution is 6.13. The predicted octanol–water partition coefficient (Wildman–Crippen LogP) is 12.6. The van der Waals surface area contributed by atoms with Crippen molar-refractivity contribution in [2.75, 3.05) is 0 Å². The fourth-order valence-electron chi connectivity index (χ4n) is 10.1. The molecule has 7 heterocycles. The maximum Gasteiger partial charge on any atom is 0.159 e. The molecule has 0 aliphatic heterocycles. The van der Waals surface area contributed by atoms with Crippen LogP contribution in [0.2, 0.25) is 0 Å². The van der Waals surface area contributed by atoms with Gasteiger partial charge in [0.05, 0.1) is 33.1 Å².